The number of carbonyl (C=O) groups is 1. The van der Waals surface area contributed by atoms with Crippen LogP contribution in [0.15, 0.2) is 0 Å². The summed E-state index contributed by atoms with van der Waals surface area (Å²) >= 11 is 0. The Bertz CT molecular complexity index is 889. The fraction of sp³-hybridized carbons (Fsp3) is 0.952. The Hall–Kier alpha value is -1.04. The maximum atomic E-state index is 15.2. The van der Waals surface area contributed by atoms with Gasteiger partial charge in [0.25, 0.3) is 0 Å². The zero-order valence-corrected chi connectivity index (χ0v) is 21.1. The minimum Gasteiger partial charge on any atom is -0.381 e. The zero-order valence-electron chi connectivity index (χ0n) is 20.3. The number of fused-ring (bicyclic) bond motifs is 1. The lowest BCUT2D eigenvalue weighted by atomic mass is 9.94. The molecule has 206 valence electrons. The number of nitrogens with zero attached hydrogens (tertiary/aromatic N) is 3. The third-order valence-corrected chi connectivity index (χ3v) is 10.5. The first-order valence-corrected chi connectivity index (χ1v) is 14.4. The molecule has 0 spiro atoms. The van der Waals surface area contributed by atoms with Crippen LogP contribution in [0.1, 0.15) is 12.8 Å². The Balaban J connectivity index is 1.22. The molecule has 7 atom stereocenters. The monoisotopic (exact) mass is 536 g/mol. The molecule has 0 bridgehead atoms. The molecule has 7 unspecified atom stereocenters. The summed E-state index contributed by atoms with van der Waals surface area (Å²) in [5, 5.41) is 10.3. The molecule has 5 saturated heterocycles. The Morgan fingerprint density at radius 3 is 2.50 bits per heavy atom. The van der Waals surface area contributed by atoms with Crippen molar-refractivity contribution in [1.29, 1.82) is 0 Å². The van der Waals surface area contributed by atoms with E-state index in [-0.39, 0.29) is 25.5 Å². The second-order valence-electron chi connectivity index (χ2n) is 10.4. The van der Waals surface area contributed by atoms with Crippen LogP contribution >= 0.6 is 0 Å². The summed E-state index contributed by atoms with van der Waals surface area (Å²) in [7, 11) is -3.43. The lowest BCUT2D eigenvalue weighted by Crippen LogP contribution is -2.68. The molecule has 36 heavy (non-hydrogen) atoms. The second-order valence-corrected chi connectivity index (χ2v) is 12.6. The van der Waals surface area contributed by atoms with Crippen molar-refractivity contribution < 1.29 is 26.7 Å². The van der Waals surface area contributed by atoms with Gasteiger partial charge in [-0.2, -0.15) is 4.31 Å². The third kappa shape index (κ3) is 5.27. The van der Waals surface area contributed by atoms with Gasteiger partial charge >= 0.3 is 0 Å². The number of nitrogens with two attached hydrogens (primary N) is 1. The highest BCUT2D eigenvalue weighted by Gasteiger charge is 2.49. The Morgan fingerprint density at radius 1 is 1.06 bits per heavy atom. The predicted octanol–water partition coefficient (Wildman–Crippen LogP) is -3.10. The summed E-state index contributed by atoms with van der Waals surface area (Å²) in [4.78, 5) is 15.3. The van der Waals surface area contributed by atoms with Crippen LogP contribution < -0.4 is 27.1 Å². The Kier molecular flexibility index (Phi) is 8.10. The molecule has 1 amide bonds. The first kappa shape index (κ1) is 26.6. The first-order chi connectivity index (χ1) is 17.3. The molecule has 0 aromatic rings. The maximum absolute atomic E-state index is 15.2. The van der Waals surface area contributed by atoms with Crippen molar-refractivity contribution in [3.05, 3.63) is 0 Å². The summed E-state index contributed by atoms with van der Waals surface area (Å²) in [5.74, 6) is -0.987. The highest BCUT2D eigenvalue weighted by molar-refractivity contribution is 7.89. The molecule has 0 saturated carbocycles. The van der Waals surface area contributed by atoms with Crippen LogP contribution in [-0.2, 0) is 19.6 Å². The van der Waals surface area contributed by atoms with E-state index in [0.29, 0.717) is 58.8 Å². The fourth-order valence-electron chi connectivity index (χ4n) is 6.19. The van der Waals surface area contributed by atoms with Crippen LogP contribution in [-0.4, -0.2) is 136 Å². The molecule has 5 aliphatic rings. The normalized spacial score (nSPS) is 40.1. The first-order valence-electron chi connectivity index (χ1n) is 12.9. The predicted molar refractivity (Wildman–Crippen MR) is 127 cm³/mol. The largest absolute Gasteiger partial charge is 0.381 e. The average molecular weight is 537 g/mol. The number of rotatable bonds is 5. The molecule has 5 heterocycles. The highest BCUT2D eigenvalue weighted by Crippen LogP contribution is 2.26. The lowest BCUT2D eigenvalue weighted by Gasteiger charge is -2.46. The smallest absolute Gasteiger partial charge is 0.229 e. The third-order valence-electron chi connectivity index (χ3n) is 8.08. The number of ether oxygens (including phenoxy) is 1. The lowest BCUT2D eigenvalue weighted by molar-refractivity contribution is -0.128. The standard InChI is InChI=1S/C21H38F2N8O4S/c22-13-9-26-20-17(19(24)28-31(20)12-13)21(32)27-16-11-25-10-15(23)18(16)29-3-5-30(6-4-29)36(33,34)14-1-7-35-8-2-14/h13-20,25-26,28H,1-12,24H2,(H,27,32). The van der Waals surface area contributed by atoms with Crippen molar-refractivity contribution in [3.63, 3.8) is 0 Å². The van der Waals surface area contributed by atoms with E-state index in [1.807, 2.05) is 4.90 Å². The van der Waals surface area contributed by atoms with E-state index in [1.54, 1.807) is 5.01 Å². The number of halogens is 2. The van der Waals surface area contributed by atoms with Crippen LogP contribution in [0.5, 0.6) is 0 Å². The number of nitrogens with one attached hydrogen (secondary N) is 4. The molecule has 0 aromatic heterocycles. The molecule has 0 aromatic carbocycles. The Morgan fingerprint density at radius 2 is 1.78 bits per heavy atom. The van der Waals surface area contributed by atoms with E-state index in [4.69, 9.17) is 10.5 Å². The number of hydrogen-bond donors (Lipinski definition) is 5. The van der Waals surface area contributed by atoms with Crippen molar-refractivity contribution in [2.75, 3.05) is 65.6 Å². The van der Waals surface area contributed by atoms with Gasteiger partial charge in [-0.15, -0.1) is 0 Å². The topological polar surface area (TPSA) is 144 Å². The number of amides is 1. The maximum Gasteiger partial charge on any atom is 0.229 e. The van der Waals surface area contributed by atoms with Gasteiger partial charge in [-0.25, -0.2) is 27.6 Å². The van der Waals surface area contributed by atoms with Gasteiger partial charge in [0.1, 0.15) is 12.3 Å². The van der Waals surface area contributed by atoms with Crippen LogP contribution in [0.4, 0.5) is 8.78 Å². The molecule has 0 radical (unpaired) electrons. The van der Waals surface area contributed by atoms with Gasteiger partial charge in [-0.05, 0) is 12.8 Å². The van der Waals surface area contributed by atoms with Crippen LogP contribution in [0, 0.1) is 5.92 Å². The summed E-state index contributed by atoms with van der Waals surface area (Å²) in [6, 6.07) is -1.10. The molecule has 12 nitrogen and oxygen atoms in total. The number of piperazine rings is 1. The number of hydrogen-bond acceptors (Lipinski definition) is 10. The number of alkyl halides is 2. The molecule has 0 aliphatic carbocycles. The minimum absolute atomic E-state index is 0.135. The van der Waals surface area contributed by atoms with Gasteiger partial charge in [0.15, 0.2) is 0 Å². The van der Waals surface area contributed by atoms with E-state index in [9.17, 15) is 17.6 Å². The molecule has 5 rings (SSSR count). The van der Waals surface area contributed by atoms with Gasteiger partial charge < -0.3 is 21.1 Å². The van der Waals surface area contributed by atoms with Crippen molar-refractivity contribution in [1.82, 2.24) is 35.6 Å². The van der Waals surface area contributed by atoms with Crippen LogP contribution in [0.2, 0.25) is 0 Å². The van der Waals surface area contributed by atoms with E-state index in [2.05, 4.69) is 21.4 Å². The zero-order chi connectivity index (χ0) is 25.4. The highest BCUT2D eigenvalue weighted by atomic mass is 32.2. The summed E-state index contributed by atoms with van der Waals surface area (Å²) in [5.41, 5.74) is 9.13. The summed E-state index contributed by atoms with van der Waals surface area (Å²) in [6.45, 7) is 3.09. The van der Waals surface area contributed by atoms with E-state index in [0.717, 1.165) is 0 Å². The van der Waals surface area contributed by atoms with Gasteiger partial charge in [0.05, 0.1) is 35.6 Å². The fourth-order valence-corrected chi connectivity index (χ4v) is 8.07. The van der Waals surface area contributed by atoms with E-state index in [1.165, 1.54) is 4.31 Å². The van der Waals surface area contributed by atoms with Crippen molar-refractivity contribution >= 4 is 15.9 Å². The molecule has 6 N–H and O–H groups in total. The Labute approximate surface area is 210 Å². The van der Waals surface area contributed by atoms with Gasteiger partial charge in [-0.1, -0.05) is 0 Å². The molecular formula is C21H38F2N8O4S. The van der Waals surface area contributed by atoms with E-state index >= 15 is 4.39 Å². The molecule has 5 fully saturated rings. The average Bonchev–Trinajstić information content (AvgIpc) is 3.19. The molecule has 5 aliphatic heterocycles. The SMILES string of the molecule is NC1NN2CC(F)CNC2C1C(=O)NC1CNCC(F)C1N1CCN(S(=O)(=O)C2CCOCC2)CC1. The second kappa shape index (κ2) is 11.0. The summed E-state index contributed by atoms with van der Waals surface area (Å²) < 4.78 is 62.0. The van der Waals surface area contributed by atoms with Crippen molar-refractivity contribution in [2.45, 2.75) is 54.9 Å². The van der Waals surface area contributed by atoms with Gasteiger partial charge in [0, 0.05) is 65.6 Å². The molecular weight excluding hydrogens is 498 g/mol. The number of carbonyl (C=O) groups excluding carboxylic acids is 1. The number of sulfonamides is 1. The van der Waals surface area contributed by atoms with Crippen molar-refractivity contribution in [3.8, 4) is 0 Å². The number of piperidine rings is 1. The van der Waals surface area contributed by atoms with Crippen LogP contribution in [0.3, 0.4) is 0 Å². The van der Waals surface area contributed by atoms with Crippen LogP contribution in [0.25, 0.3) is 0 Å². The minimum atomic E-state index is -3.43. The van der Waals surface area contributed by atoms with Gasteiger partial charge in [-0.3, -0.25) is 15.0 Å². The quantitative estimate of drug-likeness (QED) is 0.245. The van der Waals surface area contributed by atoms with Gasteiger partial charge in [0.2, 0.25) is 15.9 Å². The number of hydrazine groups is 1. The van der Waals surface area contributed by atoms with E-state index < -0.39 is 57.9 Å². The molecule has 15 heteroatoms. The van der Waals surface area contributed by atoms with Crippen molar-refractivity contribution in [2.24, 2.45) is 11.7 Å². The summed E-state index contributed by atoms with van der Waals surface area (Å²) in [6.07, 6.45) is -2.43.